The number of hydrogen-bond acceptors (Lipinski definition) is 6. The number of alkyl carbamates (subject to hydrolysis) is 1. The van der Waals surface area contributed by atoms with Gasteiger partial charge in [-0.3, -0.25) is 4.79 Å². The molecule has 1 aromatic carbocycles. The average Bonchev–Trinajstić information content (AvgIpc) is 3.14. The molecule has 1 heterocycles. The summed E-state index contributed by atoms with van der Waals surface area (Å²) in [4.78, 5) is 44.3. The Hall–Kier alpha value is -2.72. The second-order valence-electron chi connectivity index (χ2n) is 10.9. The number of imidazole rings is 1. The summed E-state index contributed by atoms with van der Waals surface area (Å²) >= 11 is 11.9. The predicted molar refractivity (Wildman–Crippen MR) is 155 cm³/mol. The Balaban J connectivity index is 2.27. The number of benzene rings is 1. The van der Waals surface area contributed by atoms with Gasteiger partial charge in [-0.15, -0.1) is 23.2 Å². The average molecular weight is 587 g/mol. The van der Waals surface area contributed by atoms with Crippen molar-refractivity contribution in [3.8, 4) is 0 Å². The van der Waals surface area contributed by atoms with Gasteiger partial charge in [0, 0.05) is 44.0 Å². The van der Waals surface area contributed by atoms with Crippen LogP contribution in [-0.2, 0) is 27.8 Å². The largest absolute Gasteiger partial charge is 0.480 e. The molecule has 2 atom stereocenters. The van der Waals surface area contributed by atoms with Crippen molar-refractivity contribution >= 4 is 57.9 Å². The number of halogens is 2. The number of carboxylic acid groups (broad SMARTS) is 1. The number of aromatic nitrogens is 2. The number of amides is 2. The zero-order valence-corrected chi connectivity index (χ0v) is 25.1. The third-order valence-corrected chi connectivity index (χ3v) is 6.35. The van der Waals surface area contributed by atoms with E-state index in [1.807, 2.05) is 43.7 Å². The molecule has 10 nitrogen and oxygen atoms in total. The van der Waals surface area contributed by atoms with E-state index in [0.29, 0.717) is 37.1 Å². The molecule has 0 saturated heterocycles. The quantitative estimate of drug-likeness (QED) is 0.282. The Labute approximate surface area is 240 Å². The fourth-order valence-electron chi connectivity index (χ4n) is 4.19. The van der Waals surface area contributed by atoms with Crippen LogP contribution in [0.3, 0.4) is 0 Å². The summed E-state index contributed by atoms with van der Waals surface area (Å²) < 4.78 is 7.28. The van der Waals surface area contributed by atoms with Crippen LogP contribution in [0, 0.1) is 5.92 Å². The van der Waals surface area contributed by atoms with Crippen LogP contribution in [0.1, 0.15) is 53.3 Å². The molecule has 0 fully saturated rings. The fraction of sp³-hybridized carbons (Fsp3) is 0.630. The molecule has 3 N–H and O–H groups in total. The molecular formula is C27H41Cl2N5O5. The lowest BCUT2D eigenvalue weighted by Gasteiger charge is -2.25. The molecule has 39 heavy (non-hydrogen) atoms. The standard InChI is InChI=1S/C27H41Cl2N5O5/c1-17(2)15-21(25(36)37)31-24(35)19(32-26(38)39-27(3,4)5)8-10-23-30-20-16-18(7-9-22(20)33(23)6)34(13-11-28)14-12-29/h7,9,16-17,19,21H,8,10-15H2,1-6H3,(H,31,35)(H,32,38)(H,36,37)/t19-,21-/m0/s1. The van der Waals surface area contributed by atoms with Gasteiger partial charge in [0.2, 0.25) is 5.91 Å². The number of hydrogen-bond donors (Lipinski definition) is 3. The SMILES string of the molecule is CC(C)C[C@H](NC(=O)[C@H](CCc1nc2cc(N(CCCl)CCCl)ccc2n1C)NC(=O)OC(C)(C)C)C(=O)O. The minimum Gasteiger partial charge on any atom is -0.480 e. The van der Waals surface area contributed by atoms with E-state index < -0.39 is 35.7 Å². The van der Waals surface area contributed by atoms with E-state index in [2.05, 4.69) is 15.5 Å². The highest BCUT2D eigenvalue weighted by Crippen LogP contribution is 2.23. The minimum atomic E-state index is -1.13. The van der Waals surface area contributed by atoms with Crippen molar-refractivity contribution in [2.45, 2.75) is 71.6 Å². The number of carboxylic acids is 1. The van der Waals surface area contributed by atoms with Crippen molar-refractivity contribution in [2.75, 3.05) is 29.7 Å². The minimum absolute atomic E-state index is 0.0540. The van der Waals surface area contributed by atoms with Crippen LogP contribution in [0.2, 0.25) is 0 Å². The number of nitrogens with zero attached hydrogens (tertiary/aromatic N) is 3. The van der Waals surface area contributed by atoms with Gasteiger partial charge in [0.05, 0.1) is 11.0 Å². The molecule has 0 unspecified atom stereocenters. The lowest BCUT2D eigenvalue weighted by atomic mass is 10.0. The Bertz CT molecular complexity index is 1130. The second-order valence-corrected chi connectivity index (χ2v) is 11.6. The number of alkyl halides is 2. The fourth-order valence-corrected chi connectivity index (χ4v) is 4.60. The maximum atomic E-state index is 13.2. The molecule has 0 aliphatic carbocycles. The number of nitrogens with one attached hydrogen (secondary N) is 2. The van der Waals surface area contributed by atoms with Crippen molar-refractivity contribution in [3.05, 3.63) is 24.0 Å². The van der Waals surface area contributed by atoms with Gasteiger partial charge < -0.3 is 29.9 Å². The number of fused-ring (bicyclic) bond motifs is 1. The number of aryl methyl sites for hydroxylation is 2. The van der Waals surface area contributed by atoms with Gasteiger partial charge >= 0.3 is 12.1 Å². The smallest absolute Gasteiger partial charge is 0.408 e. The molecule has 0 aliphatic heterocycles. The lowest BCUT2D eigenvalue weighted by Crippen LogP contribution is -2.52. The van der Waals surface area contributed by atoms with Crippen LogP contribution in [0.5, 0.6) is 0 Å². The van der Waals surface area contributed by atoms with Crippen LogP contribution in [-0.4, -0.2) is 75.2 Å². The van der Waals surface area contributed by atoms with E-state index in [1.165, 1.54) is 0 Å². The zero-order valence-electron chi connectivity index (χ0n) is 23.6. The van der Waals surface area contributed by atoms with Gasteiger partial charge in [-0.05, 0) is 57.7 Å². The normalized spacial score (nSPS) is 13.3. The number of rotatable bonds is 14. The van der Waals surface area contributed by atoms with Crippen molar-refractivity contribution in [1.82, 2.24) is 20.2 Å². The molecule has 1 aromatic heterocycles. The van der Waals surface area contributed by atoms with Gasteiger partial charge in [0.1, 0.15) is 23.5 Å². The number of aliphatic carboxylic acids is 1. The van der Waals surface area contributed by atoms with E-state index in [0.717, 1.165) is 16.7 Å². The van der Waals surface area contributed by atoms with Crippen molar-refractivity contribution in [1.29, 1.82) is 0 Å². The molecular weight excluding hydrogens is 545 g/mol. The van der Waals surface area contributed by atoms with Crippen LogP contribution in [0.4, 0.5) is 10.5 Å². The molecule has 2 aromatic rings. The van der Waals surface area contributed by atoms with Crippen molar-refractivity contribution < 1.29 is 24.2 Å². The summed E-state index contributed by atoms with van der Waals surface area (Å²) in [5.41, 5.74) is 1.89. The maximum absolute atomic E-state index is 13.2. The summed E-state index contributed by atoms with van der Waals surface area (Å²) in [6.45, 7) is 10.2. The van der Waals surface area contributed by atoms with E-state index >= 15 is 0 Å². The summed E-state index contributed by atoms with van der Waals surface area (Å²) in [7, 11) is 1.89. The summed E-state index contributed by atoms with van der Waals surface area (Å²) in [5.74, 6) is -0.0147. The Morgan fingerprint density at radius 3 is 2.28 bits per heavy atom. The van der Waals surface area contributed by atoms with Crippen LogP contribution >= 0.6 is 23.2 Å². The molecule has 2 amide bonds. The first-order chi connectivity index (χ1) is 18.2. The first-order valence-corrected chi connectivity index (χ1v) is 14.2. The molecule has 0 saturated carbocycles. The first kappa shape index (κ1) is 32.5. The zero-order chi connectivity index (χ0) is 29.3. The Kier molecular flexibility index (Phi) is 12.2. The summed E-state index contributed by atoms with van der Waals surface area (Å²) in [6, 6.07) is 3.85. The topological polar surface area (TPSA) is 126 Å². The lowest BCUT2D eigenvalue weighted by molar-refractivity contribution is -0.142. The predicted octanol–water partition coefficient (Wildman–Crippen LogP) is 4.30. The summed E-state index contributed by atoms with van der Waals surface area (Å²) in [5, 5.41) is 14.8. The van der Waals surface area contributed by atoms with Gasteiger partial charge in [0.25, 0.3) is 0 Å². The van der Waals surface area contributed by atoms with E-state index in [-0.39, 0.29) is 18.8 Å². The molecule has 12 heteroatoms. The molecule has 0 bridgehead atoms. The van der Waals surface area contributed by atoms with Crippen molar-refractivity contribution in [3.63, 3.8) is 0 Å². The second kappa shape index (κ2) is 14.6. The molecule has 0 radical (unpaired) electrons. The van der Waals surface area contributed by atoms with Crippen LogP contribution < -0.4 is 15.5 Å². The summed E-state index contributed by atoms with van der Waals surface area (Å²) in [6.07, 6.45) is 0.0428. The third-order valence-electron chi connectivity index (χ3n) is 6.02. The number of ether oxygens (including phenoxy) is 1. The van der Waals surface area contributed by atoms with Gasteiger partial charge in [-0.1, -0.05) is 13.8 Å². The van der Waals surface area contributed by atoms with E-state index in [1.54, 1.807) is 20.8 Å². The van der Waals surface area contributed by atoms with E-state index in [9.17, 15) is 19.5 Å². The number of carbonyl (C=O) groups is 3. The maximum Gasteiger partial charge on any atom is 0.408 e. The van der Waals surface area contributed by atoms with E-state index in [4.69, 9.17) is 32.9 Å². The van der Waals surface area contributed by atoms with Crippen LogP contribution in [0.25, 0.3) is 11.0 Å². The van der Waals surface area contributed by atoms with Gasteiger partial charge in [-0.25, -0.2) is 14.6 Å². The first-order valence-electron chi connectivity index (χ1n) is 13.1. The van der Waals surface area contributed by atoms with Crippen molar-refractivity contribution in [2.24, 2.45) is 13.0 Å². The van der Waals surface area contributed by atoms with Gasteiger partial charge in [0.15, 0.2) is 0 Å². The molecule has 0 aliphatic rings. The highest BCUT2D eigenvalue weighted by atomic mass is 35.5. The highest BCUT2D eigenvalue weighted by molar-refractivity contribution is 6.18. The number of anilines is 1. The third kappa shape index (κ3) is 10.1. The van der Waals surface area contributed by atoms with Gasteiger partial charge in [-0.2, -0.15) is 0 Å². The molecule has 0 spiro atoms. The molecule has 218 valence electrons. The number of carbonyl (C=O) groups excluding carboxylic acids is 2. The molecule has 2 rings (SSSR count). The Morgan fingerprint density at radius 1 is 1.10 bits per heavy atom. The highest BCUT2D eigenvalue weighted by Gasteiger charge is 2.29. The Morgan fingerprint density at radius 2 is 1.74 bits per heavy atom. The van der Waals surface area contributed by atoms with Crippen LogP contribution in [0.15, 0.2) is 18.2 Å². The monoisotopic (exact) mass is 585 g/mol.